The van der Waals surface area contributed by atoms with Gasteiger partial charge < -0.3 is 19.5 Å². The summed E-state index contributed by atoms with van der Waals surface area (Å²) in [4.78, 5) is 48.5. The Morgan fingerprint density at radius 2 is 1.76 bits per heavy atom. The highest BCUT2D eigenvalue weighted by molar-refractivity contribution is 6.44. The first-order chi connectivity index (χ1) is 19.7. The van der Waals surface area contributed by atoms with Gasteiger partial charge in [-0.2, -0.15) is 0 Å². The monoisotopic (exact) mass is 582 g/mol. The van der Waals surface area contributed by atoms with E-state index in [0.29, 0.717) is 55.0 Å². The number of H-pyrrole nitrogens is 1. The van der Waals surface area contributed by atoms with Crippen molar-refractivity contribution in [2.24, 2.45) is 0 Å². The van der Waals surface area contributed by atoms with E-state index in [0.717, 1.165) is 17.0 Å². The van der Waals surface area contributed by atoms with Crippen molar-refractivity contribution in [2.75, 3.05) is 33.3 Å². The molecule has 1 fully saturated rings. The Morgan fingerprint density at radius 3 is 2.41 bits per heavy atom. The van der Waals surface area contributed by atoms with Gasteiger partial charge in [0.2, 0.25) is 0 Å². The highest BCUT2D eigenvalue weighted by atomic mass is 35.5. The molecule has 2 atom stereocenters. The van der Waals surface area contributed by atoms with Gasteiger partial charge in [0.05, 0.1) is 17.7 Å². The average Bonchev–Trinajstić information content (AvgIpc) is 3.38. The van der Waals surface area contributed by atoms with E-state index in [1.807, 2.05) is 63.8 Å². The normalized spacial score (nSPS) is 17.1. The zero-order chi connectivity index (χ0) is 30.3. The largest absolute Gasteiger partial charge is 0.493 e. The van der Waals surface area contributed by atoms with Crippen LogP contribution >= 0.6 is 11.6 Å². The molecule has 1 N–H and O–H groups in total. The number of fused-ring (bicyclic) bond motifs is 1. The number of likely N-dealkylation sites (N-methyl/N-ethyl adjacent to an activating group) is 1. The van der Waals surface area contributed by atoms with E-state index in [-0.39, 0.29) is 23.6 Å². The summed E-state index contributed by atoms with van der Waals surface area (Å²) in [5, 5.41) is 1.27. The van der Waals surface area contributed by atoms with Gasteiger partial charge in [0, 0.05) is 73.5 Å². The van der Waals surface area contributed by atoms with Crippen molar-refractivity contribution in [2.45, 2.75) is 66.6 Å². The summed E-state index contributed by atoms with van der Waals surface area (Å²) in [5.41, 5.74) is 2.33. The van der Waals surface area contributed by atoms with Crippen LogP contribution in [0.5, 0.6) is 5.75 Å². The van der Waals surface area contributed by atoms with Gasteiger partial charge in [-0.05, 0) is 44.9 Å². The predicted octanol–water partition coefficient (Wildman–Crippen LogP) is 6.03. The molecular formula is C32H43ClN4O4. The van der Waals surface area contributed by atoms with Crippen molar-refractivity contribution in [1.29, 1.82) is 0 Å². The maximum Gasteiger partial charge on any atom is 0.294 e. The van der Waals surface area contributed by atoms with Gasteiger partial charge in [0.1, 0.15) is 5.75 Å². The number of amides is 2. The van der Waals surface area contributed by atoms with Crippen molar-refractivity contribution in [3.63, 3.8) is 0 Å². The van der Waals surface area contributed by atoms with Crippen LogP contribution in [0, 0.1) is 0 Å². The number of ketones is 1. The number of hydrogen-bond acceptors (Lipinski definition) is 5. The fourth-order valence-electron chi connectivity index (χ4n) is 5.21. The lowest BCUT2D eigenvalue weighted by Gasteiger charge is -2.44. The molecule has 0 radical (unpaired) electrons. The van der Waals surface area contributed by atoms with Crippen LogP contribution in [-0.2, 0) is 11.3 Å². The van der Waals surface area contributed by atoms with E-state index in [9.17, 15) is 14.4 Å². The molecule has 1 saturated heterocycles. The molecule has 9 heteroatoms. The third kappa shape index (κ3) is 7.11. The number of rotatable bonds is 9. The van der Waals surface area contributed by atoms with Crippen molar-refractivity contribution >= 4 is 40.1 Å². The number of aromatic amines is 1. The topological polar surface area (TPSA) is 85.9 Å². The molecule has 0 bridgehead atoms. The van der Waals surface area contributed by atoms with Gasteiger partial charge in [0.25, 0.3) is 17.6 Å². The molecule has 1 aliphatic rings. The first-order valence-electron chi connectivity index (χ1n) is 14.5. The Kier molecular flexibility index (Phi) is 11.4. The molecule has 0 aliphatic carbocycles. The van der Waals surface area contributed by atoms with Gasteiger partial charge in [-0.3, -0.25) is 19.3 Å². The summed E-state index contributed by atoms with van der Waals surface area (Å²) in [7, 11) is 1.62. The Morgan fingerprint density at radius 1 is 1.05 bits per heavy atom. The molecule has 0 saturated carbocycles. The highest BCUT2D eigenvalue weighted by Gasteiger charge is 2.34. The Balaban J connectivity index is 0.00000226. The van der Waals surface area contributed by atoms with Crippen molar-refractivity contribution < 1.29 is 19.1 Å². The second-order valence-electron chi connectivity index (χ2n) is 10.3. The van der Waals surface area contributed by atoms with E-state index in [1.165, 1.54) is 11.1 Å². The van der Waals surface area contributed by atoms with E-state index < -0.39 is 11.7 Å². The second kappa shape index (κ2) is 14.5. The number of benzene rings is 2. The van der Waals surface area contributed by atoms with Crippen LogP contribution in [0.1, 0.15) is 74.2 Å². The summed E-state index contributed by atoms with van der Waals surface area (Å²) in [6, 6.07) is 11.3. The Hall–Kier alpha value is -3.36. The van der Waals surface area contributed by atoms with Crippen molar-refractivity contribution in [3.05, 3.63) is 64.3 Å². The van der Waals surface area contributed by atoms with Crippen LogP contribution in [0.4, 0.5) is 0 Å². The number of ether oxygens (including phenoxy) is 1. The fraction of sp³-hybridized carbons (Fsp3) is 0.469. The third-order valence-corrected chi connectivity index (χ3v) is 7.73. The summed E-state index contributed by atoms with van der Waals surface area (Å²) < 4.78 is 5.87. The smallest absolute Gasteiger partial charge is 0.294 e. The molecule has 4 rings (SSSR count). The maximum absolute atomic E-state index is 14.0. The number of piperazine rings is 1. The van der Waals surface area contributed by atoms with Gasteiger partial charge in [0.15, 0.2) is 0 Å². The number of Topliss-reactive ketones (excluding diaryl/α,β-unsaturated/α-hetero) is 1. The van der Waals surface area contributed by atoms with E-state index >= 15 is 0 Å². The number of carbonyl (C=O) groups is 3. The van der Waals surface area contributed by atoms with Crippen LogP contribution in [0.2, 0.25) is 5.02 Å². The number of aromatic nitrogens is 1. The molecule has 222 valence electrons. The second-order valence-corrected chi connectivity index (χ2v) is 10.7. The van der Waals surface area contributed by atoms with Gasteiger partial charge in [-0.15, -0.1) is 0 Å². The first-order valence-corrected chi connectivity index (χ1v) is 14.9. The van der Waals surface area contributed by atoms with Crippen LogP contribution in [0.15, 0.2) is 42.6 Å². The number of hydrogen-bond donors (Lipinski definition) is 1. The van der Waals surface area contributed by atoms with E-state index in [1.54, 1.807) is 19.2 Å². The standard InChI is InChI=1S/C30H37ClN4O4.C2H6/c1-6-12-33(5)30(38)28(36)24-15-32-26-14-27(39-7-2)23(13-22(24)26)29(37)35-17-19(3)34(16-20(35)4)18-21-10-8-9-11-25(21)31;1-2/h8-11,13-15,19-20,32H,6-7,12,16-18H2,1-5H3;1-2H3/t19-,20?;/m0./s1. The first kappa shape index (κ1) is 32.2. The molecule has 3 aromatic rings. The number of nitrogens with zero attached hydrogens (tertiary/aromatic N) is 3. The van der Waals surface area contributed by atoms with Gasteiger partial charge in [-0.1, -0.05) is 50.6 Å². The maximum atomic E-state index is 14.0. The lowest BCUT2D eigenvalue weighted by atomic mass is 10.0. The summed E-state index contributed by atoms with van der Waals surface area (Å²) >= 11 is 6.40. The van der Waals surface area contributed by atoms with E-state index in [2.05, 4.69) is 16.8 Å². The Bertz CT molecular complexity index is 1370. The minimum atomic E-state index is -0.602. The number of halogens is 1. The van der Waals surface area contributed by atoms with Crippen LogP contribution in [-0.4, -0.2) is 82.7 Å². The SMILES string of the molecule is CC.CCCN(C)C(=O)C(=O)c1c[nH]c2cc(OCC)c(C(=O)N3C[C@H](C)N(Cc4ccccc4Cl)CC3C)cc12. The summed E-state index contributed by atoms with van der Waals surface area (Å²) in [6.07, 6.45) is 2.29. The molecule has 8 nitrogen and oxygen atoms in total. The lowest BCUT2D eigenvalue weighted by molar-refractivity contribution is -0.125. The number of carbonyl (C=O) groups excluding carboxylic acids is 3. The summed E-state index contributed by atoms with van der Waals surface area (Å²) in [6.45, 7) is 14.8. The highest BCUT2D eigenvalue weighted by Crippen LogP contribution is 2.31. The predicted molar refractivity (Wildman–Crippen MR) is 165 cm³/mol. The van der Waals surface area contributed by atoms with E-state index in [4.69, 9.17) is 16.3 Å². The molecular weight excluding hydrogens is 540 g/mol. The molecule has 0 spiro atoms. The Labute approximate surface area is 248 Å². The molecule has 1 aliphatic heterocycles. The van der Waals surface area contributed by atoms with Crippen molar-refractivity contribution in [3.8, 4) is 5.75 Å². The third-order valence-electron chi connectivity index (χ3n) is 7.36. The lowest BCUT2D eigenvalue weighted by Crippen LogP contribution is -2.57. The fourth-order valence-corrected chi connectivity index (χ4v) is 5.40. The van der Waals surface area contributed by atoms with Crippen LogP contribution in [0.3, 0.4) is 0 Å². The molecule has 1 unspecified atom stereocenters. The molecule has 1 aromatic heterocycles. The molecule has 2 aromatic carbocycles. The zero-order valence-corrected chi connectivity index (χ0v) is 26.0. The van der Waals surface area contributed by atoms with Gasteiger partial charge in [-0.25, -0.2) is 0 Å². The molecule has 2 heterocycles. The average molecular weight is 583 g/mol. The minimum absolute atomic E-state index is 0.0574. The van der Waals surface area contributed by atoms with Crippen LogP contribution < -0.4 is 4.74 Å². The van der Waals surface area contributed by atoms with Gasteiger partial charge >= 0.3 is 0 Å². The van der Waals surface area contributed by atoms with Crippen LogP contribution in [0.25, 0.3) is 10.9 Å². The molecule has 41 heavy (non-hydrogen) atoms. The quantitative estimate of drug-likeness (QED) is 0.246. The molecule has 2 amide bonds. The summed E-state index contributed by atoms with van der Waals surface area (Å²) in [5.74, 6) is -0.888. The van der Waals surface area contributed by atoms with Crippen molar-refractivity contribution in [1.82, 2.24) is 19.7 Å². The number of nitrogens with one attached hydrogen (secondary N) is 1. The minimum Gasteiger partial charge on any atom is -0.493 e. The zero-order valence-electron chi connectivity index (χ0n) is 25.3.